The lowest BCUT2D eigenvalue weighted by Crippen LogP contribution is -2.48. The minimum Gasteiger partial charge on any atom is -0.398 e. The summed E-state index contributed by atoms with van der Waals surface area (Å²) in [6, 6.07) is 4.69. The van der Waals surface area contributed by atoms with Gasteiger partial charge in [0, 0.05) is 13.1 Å². The van der Waals surface area contributed by atoms with Crippen molar-refractivity contribution in [3.63, 3.8) is 0 Å². The molecule has 0 spiro atoms. The lowest BCUT2D eigenvalue weighted by molar-refractivity contribution is -0.0440. The minimum atomic E-state index is -3.69. The van der Waals surface area contributed by atoms with Crippen molar-refractivity contribution in [2.75, 3.05) is 18.8 Å². The number of nitrogens with zero attached hydrogens (tertiary/aromatic N) is 1. The van der Waals surface area contributed by atoms with E-state index in [-0.39, 0.29) is 27.8 Å². The Hall–Kier alpha value is -0.820. The summed E-state index contributed by atoms with van der Waals surface area (Å²) >= 11 is 5.99. The van der Waals surface area contributed by atoms with Gasteiger partial charge in [0.15, 0.2) is 0 Å². The van der Waals surface area contributed by atoms with Crippen LogP contribution in [0.4, 0.5) is 5.69 Å². The molecule has 2 rings (SSSR count). The fraction of sp³-hybridized carbons (Fsp3) is 0.500. The van der Waals surface area contributed by atoms with Gasteiger partial charge in [-0.05, 0) is 26.0 Å². The zero-order valence-corrected chi connectivity index (χ0v) is 12.4. The molecule has 0 saturated carbocycles. The molecule has 106 valence electrons. The van der Waals surface area contributed by atoms with Gasteiger partial charge >= 0.3 is 0 Å². The monoisotopic (exact) mass is 304 g/mol. The van der Waals surface area contributed by atoms with Gasteiger partial charge < -0.3 is 10.5 Å². The molecule has 1 fully saturated rings. The van der Waals surface area contributed by atoms with E-state index < -0.39 is 10.0 Å². The number of nitrogen functional groups attached to an aromatic ring is 1. The summed E-state index contributed by atoms with van der Waals surface area (Å²) in [7, 11) is -3.69. The van der Waals surface area contributed by atoms with Crippen LogP contribution in [0.1, 0.15) is 13.8 Å². The molecule has 0 aliphatic carbocycles. The van der Waals surface area contributed by atoms with Gasteiger partial charge in [-0.3, -0.25) is 0 Å². The Morgan fingerprint density at radius 1 is 1.32 bits per heavy atom. The van der Waals surface area contributed by atoms with Gasteiger partial charge in [-0.1, -0.05) is 17.7 Å². The predicted octanol–water partition coefficient (Wildman–Crippen LogP) is 1.72. The molecule has 7 heteroatoms. The third kappa shape index (κ3) is 2.86. The lowest BCUT2D eigenvalue weighted by atomic mass is 10.3. The molecule has 0 bridgehead atoms. The summed E-state index contributed by atoms with van der Waals surface area (Å²) in [5, 5.41) is 0.145. The summed E-state index contributed by atoms with van der Waals surface area (Å²) in [4.78, 5) is -0.0158. The van der Waals surface area contributed by atoms with E-state index in [4.69, 9.17) is 22.1 Å². The molecule has 0 aromatic heterocycles. The van der Waals surface area contributed by atoms with Crippen LogP contribution < -0.4 is 5.73 Å². The minimum absolute atomic E-state index is 0.0158. The van der Waals surface area contributed by atoms with Gasteiger partial charge in [0.1, 0.15) is 4.90 Å². The molecular formula is C12H17ClN2O3S. The van der Waals surface area contributed by atoms with Gasteiger partial charge in [0.2, 0.25) is 10.0 Å². The largest absolute Gasteiger partial charge is 0.398 e. The number of hydrogen-bond acceptors (Lipinski definition) is 4. The average Bonchev–Trinajstić information content (AvgIpc) is 2.26. The van der Waals surface area contributed by atoms with Crippen molar-refractivity contribution in [3.8, 4) is 0 Å². The second-order valence-corrected chi connectivity index (χ2v) is 7.02. The molecule has 1 saturated heterocycles. The van der Waals surface area contributed by atoms with Gasteiger partial charge in [-0.2, -0.15) is 4.31 Å². The molecule has 19 heavy (non-hydrogen) atoms. The highest BCUT2D eigenvalue weighted by Gasteiger charge is 2.34. The number of hydrogen-bond donors (Lipinski definition) is 1. The Bertz CT molecular complexity index is 546. The molecule has 2 atom stereocenters. The summed E-state index contributed by atoms with van der Waals surface area (Å²) in [6.07, 6.45) is -0.301. The number of morpholine rings is 1. The molecular weight excluding hydrogens is 288 g/mol. The van der Waals surface area contributed by atoms with Crippen LogP contribution in [-0.2, 0) is 14.8 Å². The fourth-order valence-electron chi connectivity index (χ4n) is 2.25. The van der Waals surface area contributed by atoms with Crippen molar-refractivity contribution in [2.24, 2.45) is 0 Å². The average molecular weight is 305 g/mol. The van der Waals surface area contributed by atoms with Crippen molar-refractivity contribution in [2.45, 2.75) is 31.0 Å². The molecule has 0 radical (unpaired) electrons. The number of ether oxygens (including phenoxy) is 1. The van der Waals surface area contributed by atoms with E-state index in [1.54, 1.807) is 6.07 Å². The molecule has 0 amide bonds. The second kappa shape index (κ2) is 5.28. The van der Waals surface area contributed by atoms with Crippen LogP contribution in [0, 0.1) is 0 Å². The summed E-state index contributed by atoms with van der Waals surface area (Å²) in [5.41, 5.74) is 5.93. The zero-order valence-electron chi connectivity index (χ0n) is 10.8. The summed E-state index contributed by atoms with van der Waals surface area (Å²) < 4.78 is 32.2. The Kier molecular flexibility index (Phi) is 4.06. The first-order valence-electron chi connectivity index (χ1n) is 6.02. The highest BCUT2D eigenvalue weighted by Crippen LogP contribution is 2.31. The van der Waals surface area contributed by atoms with Crippen LogP contribution >= 0.6 is 11.6 Å². The highest BCUT2D eigenvalue weighted by atomic mass is 35.5. The zero-order chi connectivity index (χ0) is 14.2. The quantitative estimate of drug-likeness (QED) is 0.844. The van der Waals surface area contributed by atoms with Crippen LogP contribution in [-0.4, -0.2) is 38.0 Å². The summed E-state index contributed by atoms with van der Waals surface area (Å²) in [6.45, 7) is 4.29. The van der Waals surface area contributed by atoms with E-state index in [1.807, 2.05) is 13.8 Å². The van der Waals surface area contributed by atoms with E-state index >= 15 is 0 Å². The third-order valence-electron chi connectivity index (χ3n) is 2.98. The Morgan fingerprint density at radius 2 is 1.89 bits per heavy atom. The number of benzene rings is 1. The standard InChI is InChI=1S/C12H17ClN2O3S/c1-8-6-15(7-9(2)18-8)19(16,17)12-10(13)4-3-5-11(12)14/h3-5,8-9H,6-7,14H2,1-2H3. The van der Waals surface area contributed by atoms with Gasteiger partial charge in [0.05, 0.1) is 22.9 Å². The first-order chi connectivity index (χ1) is 8.82. The predicted molar refractivity (Wildman–Crippen MR) is 74.6 cm³/mol. The summed E-state index contributed by atoms with van der Waals surface area (Å²) in [5.74, 6) is 0. The smallest absolute Gasteiger partial charge is 0.246 e. The molecule has 1 aromatic carbocycles. The molecule has 2 N–H and O–H groups in total. The molecule has 1 aromatic rings. The molecule has 2 unspecified atom stereocenters. The fourth-order valence-corrected chi connectivity index (χ4v) is 4.48. The van der Waals surface area contributed by atoms with Crippen molar-refractivity contribution in [1.82, 2.24) is 4.31 Å². The van der Waals surface area contributed by atoms with Gasteiger partial charge in [-0.25, -0.2) is 8.42 Å². The van der Waals surface area contributed by atoms with Crippen molar-refractivity contribution in [3.05, 3.63) is 23.2 Å². The van der Waals surface area contributed by atoms with Gasteiger partial charge in [-0.15, -0.1) is 0 Å². The van der Waals surface area contributed by atoms with Crippen molar-refractivity contribution in [1.29, 1.82) is 0 Å². The maximum atomic E-state index is 12.6. The number of rotatable bonds is 2. The van der Waals surface area contributed by atoms with Crippen LogP contribution in [0.15, 0.2) is 23.1 Å². The number of sulfonamides is 1. The number of anilines is 1. The van der Waals surface area contributed by atoms with E-state index in [9.17, 15) is 8.42 Å². The Balaban J connectivity index is 2.42. The molecule has 5 nitrogen and oxygen atoms in total. The van der Waals surface area contributed by atoms with E-state index in [1.165, 1.54) is 16.4 Å². The second-order valence-electron chi connectivity index (χ2n) is 4.74. The molecule has 1 aliphatic heterocycles. The number of halogens is 1. The van der Waals surface area contributed by atoms with Crippen LogP contribution in [0.25, 0.3) is 0 Å². The molecule has 1 aliphatic rings. The first kappa shape index (κ1) is 14.6. The van der Waals surface area contributed by atoms with Crippen molar-refractivity contribution >= 4 is 27.3 Å². The molecule has 1 heterocycles. The number of nitrogens with two attached hydrogens (primary N) is 1. The van der Waals surface area contributed by atoms with Crippen molar-refractivity contribution < 1.29 is 13.2 Å². The topological polar surface area (TPSA) is 72.6 Å². The maximum Gasteiger partial charge on any atom is 0.246 e. The van der Waals surface area contributed by atoms with E-state index in [0.717, 1.165) is 0 Å². The Labute approximate surface area is 118 Å². The van der Waals surface area contributed by atoms with Gasteiger partial charge in [0.25, 0.3) is 0 Å². The van der Waals surface area contributed by atoms with E-state index in [0.29, 0.717) is 13.1 Å². The normalized spacial score (nSPS) is 25.4. The van der Waals surface area contributed by atoms with Crippen LogP contribution in [0.2, 0.25) is 5.02 Å². The lowest BCUT2D eigenvalue weighted by Gasteiger charge is -2.34. The Morgan fingerprint density at radius 3 is 2.42 bits per heavy atom. The van der Waals surface area contributed by atoms with Crippen LogP contribution in [0.5, 0.6) is 0 Å². The first-order valence-corrected chi connectivity index (χ1v) is 7.83. The van der Waals surface area contributed by atoms with Crippen LogP contribution in [0.3, 0.4) is 0 Å². The third-order valence-corrected chi connectivity index (χ3v) is 5.36. The maximum absolute atomic E-state index is 12.6. The highest BCUT2D eigenvalue weighted by molar-refractivity contribution is 7.89. The van der Waals surface area contributed by atoms with E-state index in [2.05, 4.69) is 0 Å². The SMILES string of the molecule is CC1CN(S(=O)(=O)c2c(N)cccc2Cl)CC(C)O1.